The molecule has 4 rings (SSSR count). The molecule has 0 N–H and O–H groups in total. The van der Waals surface area contributed by atoms with Crippen LogP contribution in [0.5, 0.6) is 0 Å². The van der Waals surface area contributed by atoms with E-state index in [-0.39, 0.29) is 55.1 Å². The van der Waals surface area contributed by atoms with Crippen LogP contribution in [-0.2, 0) is 27.0 Å². The molecule has 0 aliphatic carbocycles. The highest BCUT2D eigenvalue weighted by atomic mass is 19.4. The van der Waals surface area contributed by atoms with Crippen LogP contribution in [0.3, 0.4) is 0 Å². The lowest BCUT2D eigenvalue weighted by Gasteiger charge is -2.41. The molecule has 2 atom stereocenters. The van der Waals surface area contributed by atoms with Crippen molar-refractivity contribution >= 4 is 17.7 Å². The number of nitrogens with zero attached hydrogens (tertiary/aromatic N) is 2. The summed E-state index contributed by atoms with van der Waals surface area (Å²) >= 11 is 0. The van der Waals surface area contributed by atoms with Crippen LogP contribution in [0.1, 0.15) is 49.7 Å². The molecule has 3 saturated heterocycles. The topological polar surface area (TPSA) is 57.7 Å². The van der Waals surface area contributed by atoms with Gasteiger partial charge >= 0.3 is 6.18 Å². The van der Waals surface area contributed by atoms with E-state index in [1.54, 1.807) is 4.90 Å². The second-order valence-electron chi connectivity index (χ2n) is 7.84. The molecule has 150 valence electrons. The van der Waals surface area contributed by atoms with Gasteiger partial charge in [-0.1, -0.05) is 18.2 Å². The molecule has 8 heteroatoms. The number of amides is 3. The molecule has 0 aromatic heterocycles. The third kappa shape index (κ3) is 3.40. The minimum Gasteiger partial charge on any atom is -0.336 e. The van der Waals surface area contributed by atoms with Crippen molar-refractivity contribution in [2.24, 2.45) is 0 Å². The largest absolute Gasteiger partial charge is 0.416 e. The number of fused-ring (bicyclic) bond motifs is 2. The van der Waals surface area contributed by atoms with E-state index in [1.165, 1.54) is 17.0 Å². The van der Waals surface area contributed by atoms with Gasteiger partial charge in [0.25, 0.3) is 0 Å². The summed E-state index contributed by atoms with van der Waals surface area (Å²) in [5.41, 5.74) is -0.420. The second-order valence-corrected chi connectivity index (χ2v) is 7.84. The molecule has 0 spiro atoms. The summed E-state index contributed by atoms with van der Waals surface area (Å²) in [6.45, 7) is 0. The Kier molecular flexibility index (Phi) is 4.67. The van der Waals surface area contributed by atoms with Gasteiger partial charge in [-0.15, -0.1) is 0 Å². The molecule has 2 bridgehead atoms. The fourth-order valence-corrected chi connectivity index (χ4v) is 4.89. The lowest BCUT2D eigenvalue weighted by atomic mass is 9.95. The number of benzene rings is 1. The van der Waals surface area contributed by atoms with Crippen molar-refractivity contribution in [3.8, 4) is 0 Å². The molecule has 0 radical (unpaired) electrons. The van der Waals surface area contributed by atoms with Gasteiger partial charge in [0.2, 0.25) is 17.7 Å². The Morgan fingerprint density at radius 3 is 2.18 bits per heavy atom. The Bertz CT molecular complexity index is 793. The van der Waals surface area contributed by atoms with Gasteiger partial charge in [0.1, 0.15) is 0 Å². The Morgan fingerprint density at radius 1 is 1.00 bits per heavy atom. The average Bonchev–Trinajstić information content (AvgIpc) is 3.10. The molecular formula is C20H21F3N2O3. The van der Waals surface area contributed by atoms with Crippen molar-refractivity contribution in [2.45, 2.75) is 69.2 Å². The molecule has 3 heterocycles. The summed E-state index contributed by atoms with van der Waals surface area (Å²) in [7, 11) is 0. The number of imide groups is 1. The smallest absolute Gasteiger partial charge is 0.336 e. The molecule has 28 heavy (non-hydrogen) atoms. The van der Waals surface area contributed by atoms with Gasteiger partial charge in [-0.05, 0) is 37.3 Å². The lowest BCUT2D eigenvalue weighted by molar-refractivity contribution is -0.144. The van der Waals surface area contributed by atoms with Gasteiger partial charge < -0.3 is 4.90 Å². The third-order valence-electron chi connectivity index (χ3n) is 6.06. The first-order valence-electron chi connectivity index (χ1n) is 9.56. The number of carbonyl (C=O) groups excluding carboxylic acids is 3. The zero-order chi connectivity index (χ0) is 20.1. The van der Waals surface area contributed by atoms with E-state index in [1.807, 2.05) is 0 Å². The van der Waals surface area contributed by atoms with E-state index in [0.29, 0.717) is 18.4 Å². The number of rotatable bonds is 3. The van der Waals surface area contributed by atoms with E-state index < -0.39 is 11.7 Å². The normalized spacial score (nSPS) is 27.6. The molecule has 3 aliphatic rings. The zero-order valence-electron chi connectivity index (χ0n) is 15.2. The molecule has 1 aromatic rings. The number of likely N-dealkylation sites (tertiary alicyclic amines) is 1. The van der Waals surface area contributed by atoms with Crippen molar-refractivity contribution < 1.29 is 27.6 Å². The molecule has 3 fully saturated rings. The van der Waals surface area contributed by atoms with E-state index in [2.05, 4.69) is 0 Å². The molecular weight excluding hydrogens is 373 g/mol. The minimum atomic E-state index is -4.44. The molecule has 3 aliphatic heterocycles. The van der Waals surface area contributed by atoms with Crippen LogP contribution in [0.25, 0.3) is 0 Å². The highest BCUT2D eigenvalue weighted by Gasteiger charge is 2.47. The van der Waals surface area contributed by atoms with Crippen LogP contribution in [0, 0.1) is 0 Å². The van der Waals surface area contributed by atoms with Crippen molar-refractivity contribution in [2.75, 3.05) is 0 Å². The molecule has 5 nitrogen and oxygen atoms in total. The summed E-state index contributed by atoms with van der Waals surface area (Å²) in [5, 5.41) is 0. The van der Waals surface area contributed by atoms with Gasteiger partial charge in [-0.3, -0.25) is 19.3 Å². The van der Waals surface area contributed by atoms with Crippen LogP contribution in [0.4, 0.5) is 13.2 Å². The molecule has 0 saturated carbocycles. The quantitative estimate of drug-likeness (QED) is 0.741. The number of hydrogen-bond acceptors (Lipinski definition) is 3. The van der Waals surface area contributed by atoms with Crippen LogP contribution < -0.4 is 0 Å². The molecule has 3 amide bonds. The monoisotopic (exact) mass is 394 g/mol. The van der Waals surface area contributed by atoms with Crippen LogP contribution in [-0.4, -0.2) is 45.6 Å². The van der Waals surface area contributed by atoms with E-state index in [0.717, 1.165) is 25.0 Å². The summed E-state index contributed by atoms with van der Waals surface area (Å²) in [5.74, 6) is -0.472. The van der Waals surface area contributed by atoms with E-state index in [4.69, 9.17) is 0 Å². The van der Waals surface area contributed by atoms with Crippen molar-refractivity contribution in [3.63, 3.8) is 0 Å². The Morgan fingerprint density at radius 2 is 1.61 bits per heavy atom. The molecule has 1 aromatic carbocycles. The number of piperidine rings is 1. The van der Waals surface area contributed by atoms with E-state index >= 15 is 0 Å². The molecule has 2 unspecified atom stereocenters. The number of halogens is 3. The third-order valence-corrected chi connectivity index (χ3v) is 6.06. The van der Waals surface area contributed by atoms with Crippen molar-refractivity contribution in [1.29, 1.82) is 0 Å². The Hall–Kier alpha value is -2.38. The fraction of sp³-hybridized carbons (Fsp3) is 0.550. The number of alkyl halides is 3. The summed E-state index contributed by atoms with van der Waals surface area (Å²) in [6, 6.07) is 4.56. The average molecular weight is 394 g/mol. The first-order chi connectivity index (χ1) is 13.2. The summed E-state index contributed by atoms with van der Waals surface area (Å²) < 4.78 is 38.7. The highest BCUT2D eigenvalue weighted by molar-refractivity contribution is 6.02. The second kappa shape index (κ2) is 6.90. The predicted molar refractivity (Wildman–Crippen MR) is 92.9 cm³/mol. The Labute approximate surface area is 160 Å². The summed E-state index contributed by atoms with van der Waals surface area (Å²) in [4.78, 5) is 40.0. The first kappa shape index (κ1) is 19.0. The van der Waals surface area contributed by atoms with Gasteiger partial charge in [-0.25, -0.2) is 0 Å². The van der Waals surface area contributed by atoms with Gasteiger partial charge in [-0.2, -0.15) is 13.2 Å². The first-order valence-corrected chi connectivity index (χ1v) is 9.56. The van der Waals surface area contributed by atoms with Crippen molar-refractivity contribution in [1.82, 2.24) is 9.80 Å². The van der Waals surface area contributed by atoms with Gasteiger partial charge in [0.05, 0.1) is 12.0 Å². The summed E-state index contributed by atoms with van der Waals surface area (Å²) in [6.07, 6.45) is -1.30. The van der Waals surface area contributed by atoms with Crippen LogP contribution >= 0.6 is 0 Å². The van der Waals surface area contributed by atoms with Gasteiger partial charge in [0.15, 0.2) is 0 Å². The van der Waals surface area contributed by atoms with Crippen LogP contribution in [0.2, 0.25) is 0 Å². The standard InChI is InChI=1S/C20H21F3N2O3/c21-20(22,23)13-3-1-2-12(8-13)9-19(28)24-14-4-5-15(24)11-16(10-14)25-17(26)6-7-18(25)27/h1-3,8,14-16H,4-7,9-11H2. The van der Waals surface area contributed by atoms with Crippen molar-refractivity contribution in [3.05, 3.63) is 35.4 Å². The maximum atomic E-state index is 12.9. The maximum absolute atomic E-state index is 12.9. The minimum absolute atomic E-state index is 0.0664. The number of carbonyl (C=O) groups is 3. The van der Waals surface area contributed by atoms with Gasteiger partial charge in [0, 0.05) is 31.0 Å². The number of hydrogen-bond donors (Lipinski definition) is 0. The predicted octanol–water partition coefficient (Wildman–Crippen LogP) is 2.92. The fourth-order valence-electron chi connectivity index (χ4n) is 4.89. The highest BCUT2D eigenvalue weighted by Crippen LogP contribution is 2.39. The lowest BCUT2D eigenvalue weighted by Crippen LogP contribution is -2.54. The maximum Gasteiger partial charge on any atom is 0.416 e. The van der Waals surface area contributed by atoms with Crippen LogP contribution in [0.15, 0.2) is 24.3 Å². The SMILES string of the molecule is O=C1CCC(=O)N1C1CC2CCC(C1)N2C(=O)Cc1cccc(C(F)(F)F)c1. The van der Waals surface area contributed by atoms with E-state index in [9.17, 15) is 27.6 Å². The Balaban J connectivity index is 1.46. The zero-order valence-corrected chi connectivity index (χ0v) is 15.2.